The molecule has 0 radical (unpaired) electrons. The van der Waals surface area contributed by atoms with Crippen molar-refractivity contribution in [1.82, 2.24) is 10.6 Å². The molecule has 0 fully saturated rings. The number of amides is 2. The third kappa shape index (κ3) is 9.82. The van der Waals surface area contributed by atoms with E-state index in [2.05, 4.69) is 10.6 Å². The molecule has 1 aliphatic rings. The lowest BCUT2D eigenvalue weighted by Gasteiger charge is -2.24. The lowest BCUT2D eigenvalue weighted by atomic mass is 9.94. The van der Waals surface area contributed by atoms with Crippen LogP contribution in [0.5, 0.6) is 0 Å². The summed E-state index contributed by atoms with van der Waals surface area (Å²) >= 11 is 0. The fraction of sp³-hybridized carbons (Fsp3) is 0.414. The Morgan fingerprint density at radius 1 is 0.973 bits per heavy atom. The molecule has 3 atom stereocenters. The van der Waals surface area contributed by atoms with Gasteiger partial charge in [-0.1, -0.05) is 72.8 Å². The summed E-state index contributed by atoms with van der Waals surface area (Å²) in [6.07, 6.45) is 5.18. The number of rotatable bonds is 10. The molecule has 2 aromatic carbocycles. The molecule has 0 aliphatic carbocycles. The van der Waals surface area contributed by atoms with Crippen molar-refractivity contribution in [2.24, 2.45) is 11.8 Å². The molecule has 0 spiro atoms. The van der Waals surface area contributed by atoms with Crippen molar-refractivity contribution >= 4 is 17.8 Å². The van der Waals surface area contributed by atoms with E-state index in [1.807, 2.05) is 72.8 Å². The molecular formula is C29H36N2O6. The second-order valence-electron chi connectivity index (χ2n) is 9.02. The Kier molecular flexibility index (Phi) is 11.8. The topological polar surface area (TPSA) is 114 Å². The van der Waals surface area contributed by atoms with Gasteiger partial charge in [-0.15, -0.1) is 0 Å². The van der Waals surface area contributed by atoms with Gasteiger partial charge in [-0.25, -0.2) is 0 Å². The molecular weight excluding hydrogens is 472 g/mol. The quantitative estimate of drug-likeness (QED) is 0.258. The third-order valence-electron chi connectivity index (χ3n) is 6.18. The Morgan fingerprint density at radius 3 is 2.35 bits per heavy atom. The zero-order chi connectivity index (χ0) is 26.3. The van der Waals surface area contributed by atoms with Crippen LogP contribution in [0.2, 0.25) is 0 Å². The van der Waals surface area contributed by atoms with Crippen molar-refractivity contribution in [1.29, 1.82) is 0 Å². The Labute approximate surface area is 218 Å². The maximum absolute atomic E-state index is 13.2. The third-order valence-corrected chi connectivity index (χ3v) is 6.18. The predicted octanol–water partition coefficient (Wildman–Crippen LogP) is 2.73. The SMILES string of the molecule is O=C(C[C@H]1CC=CC[C@@H](Cc2ccccc2)C(=O)OC[C@H](c2ccccc2)NC1=O)NCCOCCO. The largest absolute Gasteiger partial charge is 0.463 e. The minimum Gasteiger partial charge on any atom is -0.463 e. The first-order valence-electron chi connectivity index (χ1n) is 12.7. The molecule has 2 amide bonds. The van der Waals surface area contributed by atoms with Crippen LogP contribution in [-0.2, 0) is 30.3 Å². The number of hydrogen-bond donors (Lipinski definition) is 3. The van der Waals surface area contributed by atoms with Crippen LogP contribution in [0.3, 0.4) is 0 Å². The summed E-state index contributed by atoms with van der Waals surface area (Å²) in [5.41, 5.74) is 1.87. The lowest BCUT2D eigenvalue weighted by molar-refractivity contribution is -0.150. The molecule has 3 rings (SSSR count). The van der Waals surface area contributed by atoms with Crippen LogP contribution >= 0.6 is 0 Å². The molecule has 0 bridgehead atoms. The van der Waals surface area contributed by atoms with Gasteiger partial charge in [0.25, 0.3) is 0 Å². The van der Waals surface area contributed by atoms with Crippen molar-refractivity contribution < 1.29 is 29.0 Å². The van der Waals surface area contributed by atoms with Crippen molar-refractivity contribution in [3.8, 4) is 0 Å². The highest BCUT2D eigenvalue weighted by Gasteiger charge is 2.27. The second kappa shape index (κ2) is 15.6. The fourth-order valence-corrected chi connectivity index (χ4v) is 4.17. The number of cyclic esters (lactones) is 1. The van der Waals surface area contributed by atoms with Crippen LogP contribution in [0.15, 0.2) is 72.8 Å². The van der Waals surface area contributed by atoms with Gasteiger partial charge in [0, 0.05) is 13.0 Å². The summed E-state index contributed by atoms with van der Waals surface area (Å²) in [6.45, 7) is 0.722. The average molecular weight is 509 g/mol. The number of nitrogens with one attached hydrogen (secondary N) is 2. The Balaban J connectivity index is 1.73. The number of carbonyl (C=O) groups is 3. The summed E-state index contributed by atoms with van der Waals surface area (Å²) in [5.74, 6) is -1.77. The number of ether oxygens (including phenoxy) is 2. The van der Waals surface area contributed by atoms with Gasteiger partial charge in [0.05, 0.1) is 37.7 Å². The van der Waals surface area contributed by atoms with Crippen LogP contribution in [0.25, 0.3) is 0 Å². The first-order valence-corrected chi connectivity index (χ1v) is 12.7. The van der Waals surface area contributed by atoms with Gasteiger partial charge in [-0.2, -0.15) is 0 Å². The lowest BCUT2D eigenvalue weighted by Crippen LogP contribution is -2.39. The zero-order valence-electron chi connectivity index (χ0n) is 21.0. The molecule has 1 aliphatic heterocycles. The maximum Gasteiger partial charge on any atom is 0.309 e. The number of aliphatic hydroxyl groups excluding tert-OH is 1. The van der Waals surface area contributed by atoms with Crippen LogP contribution in [-0.4, -0.2) is 55.9 Å². The highest BCUT2D eigenvalue weighted by Crippen LogP contribution is 2.21. The predicted molar refractivity (Wildman–Crippen MR) is 139 cm³/mol. The molecule has 0 aromatic heterocycles. The standard InChI is InChI=1S/C29H36N2O6/c32-16-18-36-17-15-30-27(33)20-24-13-7-8-14-25(19-22-9-3-1-4-10-22)29(35)37-21-26(31-28(24)34)23-11-5-2-6-12-23/h1-12,24-26,32H,13-21H2,(H,30,33)(H,31,34)/t24-,25+,26-/m1/s1. The van der Waals surface area contributed by atoms with E-state index in [-0.39, 0.29) is 56.5 Å². The van der Waals surface area contributed by atoms with Gasteiger partial charge in [-0.05, 0) is 30.4 Å². The average Bonchev–Trinajstić information content (AvgIpc) is 2.92. The van der Waals surface area contributed by atoms with Crippen LogP contribution in [0, 0.1) is 11.8 Å². The molecule has 0 unspecified atom stereocenters. The van der Waals surface area contributed by atoms with E-state index in [0.717, 1.165) is 11.1 Å². The minimum atomic E-state index is -0.580. The van der Waals surface area contributed by atoms with Gasteiger partial charge in [0.15, 0.2) is 0 Å². The molecule has 37 heavy (non-hydrogen) atoms. The van der Waals surface area contributed by atoms with Crippen molar-refractivity contribution in [2.45, 2.75) is 31.7 Å². The molecule has 0 saturated carbocycles. The van der Waals surface area contributed by atoms with Crippen LogP contribution in [0.1, 0.15) is 36.4 Å². The Hall–Kier alpha value is -3.49. The van der Waals surface area contributed by atoms with Crippen molar-refractivity contribution in [3.63, 3.8) is 0 Å². The number of carbonyl (C=O) groups excluding carboxylic acids is 3. The zero-order valence-corrected chi connectivity index (χ0v) is 21.0. The highest BCUT2D eigenvalue weighted by atomic mass is 16.5. The van der Waals surface area contributed by atoms with Gasteiger partial charge < -0.3 is 25.2 Å². The molecule has 1 heterocycles. The van der Waals surface area contributed by atoms with E-state index in [1.165, 1.54) is 0 Å². The molecule has 8 nitrogen and oxygen atoms in total. The Morgan fingerprint density at radius 2 is 1.65 bits per heavy atom. The smallest absolute Gasteiger partial charge is 0.309 e. The van der Waals surface area contributed by atoms with E-state index in [1.54, 1.807) is 0 Å². The normalized spacial score (nSPS) is 20.7. The van der Waals surface area contributed by atoms with Gasteiger partial charge in [0.2, 0.25) is 11.8 Å². The minimum absolute atomic E-state index is 0.00467. The summed E-state index contributed by atoms with van der Waals surface area (Å²) in [5, 5.41) is 14.5. The first kappa shape index (κ1) is 28.1. The molecule has 8 heteroatoms. The van der Waals surface area contributed by atoms with E-state index in [9.17, 15) is 14.4 Å². The summed E-state index contributed by atoms with van der Waals surface area (Å²) < 4.78 is 10.9. The van der Waals surface area contributed by atoms with Gasteiger partial charge in [-0.3, -0.25) is 14.4 Å². The van der Waals surface area contributed by atoms with Gasteiger partial charge >= 0.3 is 5.97 Å². The van der Waals surface area contributed by atoms with E-state index in [4.69, 9.17) is 14.6 Å². The van der Waals surface area contributed by atoms with E-state index < -0.39 is 12.0 Å². The summed E-state index contributed by atoms with van der Waals surface area (Å²) in [7, 11) is 0. The molecule has 198 valence electrons. The van der Waals surface area contributed by atoms with Crippen LogP contribution in [0.4, 0.5) is 0 Å². The number of hydrogen-bond acceptors (Lipinski definition) is 6. The molecule has 0 saturated heterocycles. The fourth-order valence-electron chi connectivity index (χ4n) is 4.17. The highest BCUT2D eigenvalue weighted by molar-refractivity contribution is 5.86. The number of esters is 1. The Bertz CT molecular complexity index is 1010. The summed E-state index contributed by atoms with van der Waals surface area (Å²) in [4.78, 5) is 38.8. The number of aliphatic hydroxyl groups is 1. The van der Waals surface area contributed by atoms with Crippen LogP contribution < -0.4 is 10.6 Å². The van der Waals surface area contributed by atoms with E-state index in [0.29, 0.717) is 25.8 Å². The maximum atomic E-state index is 13.2. The second-order valence-corrected chi connectivity index (χ2v) is 9.02. The monoisotopic (exact) mass is 508 g/mol. The van der Waals surface area contributed by atoms with E-state index >= 15 is 0 Å². The molecule has 3 N–H and O–H groups in total. The summed E-state index contributed by atoms with van der Waals surface area (Å²) in [6, 6.07) is 18.6. The first-order chi connectivity index (χ1) is 18.1. The van der Waals surface area contributed by atoms with Crippen molar-refractivity contribution in [3.05, 3.63) is 83.9 Å². The number of benzene rings is 2. The molecule has 2 aromatic rings. The van der Waals surface area contributed by atoms with Gasteiger partial charge in [0.1, 0.15) is 6.61 Å². The van der Waals surface area contributed by atoms with Crippen molar-refractivity contribution in [2.75, 3.05) is 33.0 Å². The number of allylic oxidation sites excluding steroid dienone is 2.